The Morgan fingerprint density at radius 1 is 1.20 bits per heavy atom. The molecule has 9 nitrogen and oxygen atoms in total. The predicted octanol–water partition coefficient (Wildman–Crippen LogP) is 2.22. The quantitative estimate of drug-likeness (QED) is 0.542. The van der Waals surface area contributed by atoms with Crippen LogP contribution in [0, 0.1) is 11.8 Å². The molecule has 2 fully saturated rings. The lowest BCUT2D eigenvalue weighted by Crippen LogP contribution is -2.57. The summed E-state index contributed by atoms with van der Waals surface area (Å²) < 4.78 is 17.9. The fraction of sp³-hybridized carbons (Fsp3) is 0.923. The molecule has 0 saturated carbocycles. The molecular weight excluding hydrogens is 452 g/mol. The van der Waals surface area contributed by atoms with E-state index in [0.717, 1.165) is 0 Å². The van der Waals surface area contributed by atoms with Gasteiger partial charge in [0, 0.05) is 39.6 Å². The number of rotatable bonds is 4. The molecule has 0 aromatic heterocycles. The van der Waals surface area contributed by atoms with Crippen molar-refractivity contribution in [2.75, 3.05) is 20.7 Å². The van der Waals surface area contributed by atoms with Crippen molar-refractivity contribution in [3.63, 3.8) is 0 Å². The van der Waals surface area contributed by atoms with Gasteiger partial charge in [-0.05, 0) is 52.4 Å². The van der Waals surface area contributed by atoms with Gasteiger partial charge in [0.25, 0.3) is 0 Å². The lowest BCUT2D eigenvalue weighted by atomic mass is 9.87. The lowest BCUT2D eigenvalue weighted by Gasteiger charge is -2.45. The van der Waals surface area contributed by atoms with Gasteiger partial charge in [-0.15, -0.1) is 0 Å². The summed E-state index contributed by atoms with van der Waals surface area (Å²) in [5, 5.41) is 24.6. The highest BCUT2D eigenvalue weighted by Gasteiger charge is 2.46. The molecule has 2 heterocycles. The third-order valence-electron chi connectivity index (χ3n) is 7.90. The zero-order valence-electron chi connectivity index (χ0n) is 22.9. The Kier molecular flexibility index (Phi) is 10.5. The van der Waals surface area contributed by atoms with Crippen LogP contribution in [0.15, 0.2) is 0 Å². The van der Waals surface area contributed by atoms with E-state index in [9.17, 15) is 19.8 Å². The van der Waals surface area contributed by atoms with Gasteiger partial charge < -0.3 is 34.6 Å². The molecule has 0 aliphatic carbocycles. The maximum atomic E-state index is 13.3. The number of amides is 2. The van der Waals surface area contributed by atoms with Crippen molar-refractivity contribution in [3.8, 4) is 0 Å². The van der Waals surface area contributed by atoms with Crippen molar-refractivity contribution in [2.45, 2.75) is 122 Å². The van der Waals surface area contributed by atoms with Crippen LogP contribution in [0.2, 0.25) is 0 Å². The summed E-state index contributed by atoms with van der Waals surface area (Å²) >= 11 is 0. The van der Waals surface area contributed by atoms with Crippen LogP contribution in [0.5, 0.6) is 0 Å². The predicted molar refractivity (Wildman–Crippen MR) is 133 cm³/mol. The van der Waals surface area contributed by atoms with E-state index in [2.05, 4.69) is 5.32 Å². The first kappa shape index (κ1) is 30.0. The number of carbonyl (C=O) groups excluding carboxylic acids is 2. The second kappa shape index (κ2) is 12.3. The molecule has 3 N–H and O–H groups in total. The first-order valence-electron chi connectivity index (χ1n) is 13.0. The lowest BCUT2D eigenvalue weighted by molar-refractivity contribution is -0.291. The summed E-state index contributed by atoms with van der Waals surface area (Å²) in [5.74, 6) is -0.673. The molecular formula is C26H48N2O7. The summed E-state index contributed by atoms with van der Waals surface area (Å²) in [4.78, 5) is 27.8. The maximum absolute atomic E-state index is 13.3. The molecule has 2 aliphatic heterocycles. The van der Waals surface area contributed by atoms with Crippen LogP contribution >= 0.6 is 0 Å². The summed E-state index contributed by atoms with van der Waals surface area (Å²) in [5.41, 5.74) is -1.79. The van der Waals surface area contributed by atoms with E-state index in [0.29, 0.717) is 38.6 Å². The second-order valence-electron chi connectivity index (χ2n) is 11.4. The minimum Gasteiger partial charge on any atom is -0.390 e. The van der Waals surface area contributed by atoms with Gasteiger partial charge in [0.2, 0.25) is 11.8 Å². The van der Waals surface area contributed by atoms with Crippen molar-refractivity contribution < 1.29 is 34.0 Å². The van der Waals surface area contributed by atoms with Gasteiger partial charge in [0.1, 0.15) is 6.10 Å². The van der Waals surface area contributed by atoms with Crippen LogP contribution in [0.1, 0.15) is 80.1 Å². The van der Waals surface area contributed by atoms with Gasteiger partial charge in [-0.1, -0.05) is 20.8 Å². The molecule has 0 radical (unpaired) electrons. The third kappa shape index (κ3) is 8.12. The highest BCUT2D eigenvalue weighted by atomic mass is 16.7. The summed E-state index contributed by atoms with van der Waals surface area (Å²) in [6.45, 7) is 11.7. The second-order valence-corrected chi connectivity index (χ2v) is 11.4. The fourth-order valence-electron chi connectivity index (χ4n) is 4.91. The van der Waals surface area contributed by atoms with Gasteiger partial charge in [-0.2, -0.15) is 0 Å². The standard InChI is InChI=1S/C26H48N2O7/c1-16(2)19-14-21(29)28(7)13-9-11-25(5,32)12-10-20(17(3)24(31)27-19)35-22-15-26(6,33-8)23(30)18(4)34-22/h16-20,22-23,30,32H,9-15H2,1-8H3,(H,27,31)/t17-,18+,19-,20+,22+,23+,25-,26-/m1/s1. The minimum absolute atomic E-state index is 0.0249. The zero-order chi connectivity index (χ0) is 26.6. The monoisotopic (exact) mass is 500 g/mol. The molecule has 2 amide bonds. The Hall–Kier alpha value is -1.26. The van der Waals surface area contributed by atoms with Crippen molar-refractivity contribution in [1.29, 1.82) is 0 Å². The number of aliphatic hydroxyl groups is 2. The Labute approximate surface area is 210 Å². The molecule has 0 spiro atoms. The Bertz CT molecular complexity index is 716. The average Bonchev–Trinajstić information content (AvgIpc) is 2.78. The Morgan fingerprint density at radius 3 is 2.46 bits per heavy atom. The first-order chi connectivity index (χ1) is 16.2. The van der Waals surface area contributed by atoms with Gasteiger partial charge in [-0.25, -0.2) is 0 Å². The van der Waals surface area contributed by atoms with Gasteiger partial charge in [-0.3, -0.25) is 9.59 Å². The molecule has 2 aliphatic rings. The van der Waals surface area contributed by atoms with Gasteiger partial charge in [0.15, 0.2) is 6.29 Å². The minimum atomic E-state index is -0.954. The van der Waals surface area contributed by atoms with E-state index in [-0.39, 0.29) is 30.2 Å². The van der Waals surface area contributed by atoms with E-state index in [1.165, 1.54) is 0 Å². The first-order valence-corrected chi connectivity index (χ1v) is 13.0. The fourth-order valence-corrected chi connectivity index (χ4v) is 4.91. The molecule has 0 aromatic rings. The van der Waals surface area contributed by atoms with Crippen LogP contribution < -0.4 is 5.32 Å². The van der Waals surface area contributed by atoms with Gasteiger partial charge >= 0.3 is 0 Å². The largest absolute Gasteiger partial charge is 0.390 e. The van der Waals surface area contributed by atoms with Crippen LogP contribution in [-0.2, 0) is 23.8 Å². The van der Waals surface area contributed by atoms with Crippen molar-refractivity contribution in [3.05, 3.63) is 0 Å². The normalized spacial score (nSPS) is 40.9. The summed E-state index contributed by atoms with van der Waals surface area (Å²) in [7, 11) is 3.32. The molecule has 0 unspecified atom stereocenters. The molecule has 8 atom stereocenters. The van der Waals surface area contributed by atoms with E-state index in [1.807, 2.05) is 27.7 Å². The van der Waals surface area contributed by atoms with E-state index < -0.39 is 41.7 Å². The molecule has 2 rings (SSSR count). The number of aliphatic hydroxyl groups excluding tert-OH is 1. The number of hydrogen-bond acceptors (Lipinski definition) is 7. The Morgan fingerprint density at radius 2 is 1.86 bits per heavy atom. The Balaban J connectivity index is 2.26. The molecule has 35 heavy (non-hydrogen) atoms. The zero-order valence-corrected chi connectivity index (χ0v) is 22.9. The highest BCUT2D eigenvalue weighted by molar-refractivity contribution is 5.81. The molecule has 204 valence electrons. The van der Waals surface area contributed by atoms with E-state index in [4.69, 9.17) is 14.2 Å². The topological polar surface area (TPSA) is 118 Å². The third-order valence-corrected chi connectivity index (χ3v) is 7.90. The van der Waals surface area contributed by atoms with Crippen molar-refractivity contribution in [2.24, 2.45) is 11.8 Å². The van der Waals surface area contributed by atoms with Crippen LogP contribution in [-0.4, -0.2) is 89.5 Å². The molecule has 9 heteroatoms. The number of nitrogens with one attached hydrogen (secondary N) is 1. The highest BCUT2D eigenvalue weighted by Crippen LogP contribution is 2.34. The van der Waals surface area contributed by atoms with E-state index in [1.54, 1.807) is 32.9 Å². The van der Waals surface area contributed by atoms with Crippen LogP contribution in [0.4, 0.5) is 0 Å². The number of methoxy groups -OCH3 is 1. The summed E-state index contributed by atoms with van der Waals surface area (Å²) in [6.07, 6.45) is 0.156. The smallest absolute Gasteiger partial charge is 0.225 e. The molecule has 0 bridgehead atoms. The maximum Gasteiger partial charge on any atom is 0.225 e. The van der Waals surface area contributed by atoms with Crippen LogP contribution in [0.25, 0.3) is 0 Å². The SMILES string of the molecule is CO[C@]1(C)C[C@H](O[C@H]2CC[C@](C)(O)CCCN(C)C(=O)C[C@H](C(C)C)NC(=O)[C@@H]2C)O[C@@H](C)[C@@H]1O. The van der Waals surface area contributed by atoms with Crippen LogP contribution in [0.3, 0.4) is 0 Å². The van der Waals surface area contributed by atoms with Crippen molar-refractivity contribution in [1.82, 2.24) is 10.2 Å². The van der Waals surface area contributed by atoms with E-state index >= 15 is 0 Å². The molecule has 2 saturated heterocycles. The number of ether oxygens (including phenoxy) is 3. The average molecular weight is 501 g/mol. The summed E-state index contributed by atoms with van der Waals surface area (Å²) in [6, 6.07) is -0.288. The number of nitrogens with zero attached hydrogens (tertiary/aromatic N) is 1. The molecule has 0 aromatic carbocycles. The number of hydrogen-bond donors (Lipinski definition) is 3. The number of carbonyl (C=O) groups is 2. The van der Waals surface area contributed by atoms with Crippen molar-refractivity contribution >= 4 is 11.8 Å². The van der Waals surface area contributed by atoms with Gasteiger partial charge in [0.05, 0.1) is 29.3 Å².